The Bertz CT molecular complexity index is 368. The summed E-state index contributed by atoms with van der Waals surface area (Å²) < 4.78 is 0. The molecule has 15 heavy (non-hydrogen) atoms. The molecule has 0 amide bonds. The Morgan fingerprint density at radius 1 is 1.60 bits per heavy atom. The number of aliphatic hydroxyl groups excluding tert-OH is 1. The van der Waals surface area contributed by atoms with E-state index in [1.165, 1.54) is 17.8 Å². The van der Waals surface area contributed by atoms with Crippen LogP contribution in [0.4, 0.5) is 5.69 Å². The summed E-state index contributed by atoms with van der Waals surface area (Å²) in [6.07, 6.45) is 0. The average Bonchev–Trinajstić information content (AvgIpc) is 2.20. The Morgan fingerprint density at radius 3 is 2.80 bits per heavy atom. The molecule has 1 aromatic rings. The van der Waals surface area contributed by atoms with E-state index in [4.69, 9.17) is 15.9 Å². The van der Waals surface area contributed by atoms with E-state index in [2.05, 4.69) is 0 Å². The van der Waals surface area contributed by atoms with Crippen LogP contribution in [-0.4, -0.2) is 28.0 Å². The maximum absolute atomic E-state index is 10.9. The molecule has 0 bridgehead atoms. The van der Waals surface area contributed by atoms with E-state index in [1.54, 1.807) is 12.1 Å². The highest BCUT2D eigenvalue weighted by Crippen LogP contribution is 2.28. The zero-order valence-corrected chi connectivity index (χ0v) is 9.12. The molecule has 0 aliphatic rings. The van der Waals surface area contributed by atoms with Gasteiger partial charge >= 0.3 is 5.97 Å². The monoisotopic (exact) mass is 227 g/mol. The third-order valence-electron chi connectivity index (χ3n) is 1.82. The van der Waals surface area contributed by atoms with Crippen molar-refractivity contribution in [1.29, 1.82) is 0 Å². The van der Waals surface area contributed by atoms with Gasteiger partial charge in [0.25, 0.3) is 0 Å². The molecular formula is C10H13NO3S. The van der Waals surface area contributed by atoms with Crippen molar-refractivity contribution >= 4 is 23.4 Å². The Balaban J connectivity index is 3.01. The molecule has 1 aromatic carbocycles. The van der Waals surface area contributed by atoms with Gasteiger partial charge in [0.05, 0.1) is 12.2 Å². The van der Waals surface area contributed by atoms with Crippen LogP contribution in [0.15, 0.2) is 23.1 Å². The minimum Gasteiger partial charge on any atom is -0.478 e. The molecule has 4 N–H and O–H groups in total. The van der Waals surface area contributed by atoms with E-state index in [0.29, 0.717) is 10.6 Å². The van der Waals surface area contributed by atoms with Gasteiger partial charge in [-0.25, -0.2) is 4.79 Å². The van der Waals surface area contributed by atoms with Crippen molar-refractivity contribution in [3.63, 3.8) is 0 Å². The summed E-state index contributed by atoms with van der Waals surface area (Å²) in [5.74, 6) is -1.00. The molecule has 0 saturated carbocycles. The van der Waals surface area contributed by atoms with Crippen LogP contribution in [0.1, 0.15) is 17.3 Å². The SMILES string of the molecule is CC(CO)Sc1ccc(N)cc1C(=O)O. The van der Waals surface area contributed by atoms with Crippen molar-refractivity contribution in [3.8, 4) is 0 Å². The van der Waals surface area contributed by atoms with Gasteiger partial charge in [-0.15, -0.1) is 11.8 Å². The van der Waals surface area contributed by atoms with Crippen molar-refractivity contribution in [1.82, 2.24) is 0 Å². The Hall–Kier alpha value is -1.20. The smallest absolute Gasteiger partial charge is 0.336 e. The number of carboxylic acid groups (broad SMARTS) is 1. The standard InChI is InChI=1S/C10H13NO3S/c1-6(5-12)15-9-3-2-7(11)4-8(9)10(13)14/h2-4,6,12H,5,11H2,1H3,(H,13,14). The zero-order valence-electron chi connectivity index (χ0n) is 8.30. The summed E-state index contributed by atoms with van der Waals surface area (Å²) in [6.45, 7) is 1.83. The minimum atomic E-state index is -1.00. The van der Waals surface area contributed by atoms with Crippen LogP contribution in [0.25, 0.3) is 0 Å². The van der Waals surface area contributed by atoms with E-state index in [0.717, 1.165) is 0 Å². The highest BCUT2D eigenvalue weighted by atomic mass is 32.2. The Morgan fingerprint density at radius 2 is 2.27 bits per heavy atom. The predicted octanol–water partition coefficient (Wildman–Crippen LogP) is 1.44. The quantitative estimate of drug-likeness (QED) is 0.535. The number of benzene rings is 1. The number of carbonyl (C=O) groups is 1. The second kappa shape index (κ2) is 5.04. The molecular weight excluding hydrogens is 214 g/mol. The summed E-state index contributed by atoms with van der Waals surface area (Å²) in [4.78, 5) is 11.5. The third kappa shape index (κ3) is 3.14. The molecule has 1 rings (SSSR count). The Labute approximate surface area is 92.1 Å². The second-order valence-corrected chi connectivity index (χ2v) is 4.65. The molecule has 5 heteroatoms. The number of nitrogen functional groups attached to an aromatic ring is 1. The van der Waals surface area contributed by atoms with Gasteiger partial charge in [-0.05, 0) is 18.2 Å². The number of anilines is 1. The first-order valence-electron chi connectivity index (χ1n) is 4.45. The van der Waals surface area contributed by atoms with Gasteiger partial charge in [0.1, 0.15) is 0 Å². The number of hydrogen-bond donors (Lipinski definition) is 3. The maximum atomic E-state index is 10.9. The molecule has 0 aliphatic heterocycles. The topological polar surface area (TPSA) is 83.5 Å². The number of aliphatic hydroxyl groups is 1. The van der Waals surface area contributed by atoms with Gasteiger partial charge in [0, 0.05) is 15.8 Å². The molecule has 1 unspecified atom stereocenters. The molecule has 0 radical (unpaired) electrons. The van der Waals surface area contributed by atoms with Crippen molar-refractivity contribution in [2.45, 2.75) is 17.1 Å². The largest absolute Gasteiger partial charge is 0.478 e. The normalized spacial score (nSPS) is 12.4. The minimum absolute atomic E-state index is 0.00804. The highest BCUT2D eigenvalue weighted by Gasteiger charge is 2.13. The third-order valence-corrected chi connectivity index (χ3v) is 2.98. The first-order chi connectivity index (χ1) is 7.04. The predicted molar refractivity (Wildman–Crippen MR) is 60.2 cm³/mol. The van der Waals surface area contributed by atoms with Crippen molar-refractivity contribution in [2.75, 3.05) is 12.3 Å². The first kappa shape index (κ1) is 11.9. The molecule has 0 saturated heterocycles. The fourth-order valence-corrected chi connectivity index (χ4v) is 2.00. The molecule has 1 atom stereocenters. The van der Waals surface area contributed by atoms with Gasteiger partial charge < -0.3 is 15.9 Å². The Kier molecular flexibility index (Phi) is 3.99. The van der Waals surface area contributed by atoms with Crippen molar-refractivity contribution < 1.29 is 15.0 Å². The van der Waals surface area contributed by atoms with E-state index in [1.807, 2.05) is 6.92 Å². The molecule has 0 spiro atoms. The van der Waals surface area contributed by atoms with Gasteiger partial charge in [-0.1, -0.05) is 6.92 Å². The van der Waals surface area contributed by atoms with E-state index >= 15 is 0 Å². The number of rotatable bonds is 4. The van der Waals surface area contributed by atoms with Crippen LogP contribution < -0.4 is 5.73 Å². The lowest BCUT2D eigenvalue weighted by atomic mass is 10.2. The van der Waals surface area contributed by atoms with Crippen molar-refractivity contribution in [2.24, 2.45) is 0 Å². The summed E-state index contributed by atoms with van der Waals surface area (Å²) in [6, 6.07) is 4.74. The van der Waals surface area contributed by atoms with E-state index in [9.17, 15) is 4.79 Å². The molecule has 0 fully saturated rings. The number of thioether (sulfide) groups is 1. The van der Waals surface area contributed by atoms with Crippen LogP contribution >= 0.6 is 11.8 Å². The van der Waals surface area contributed by atoms with Gasteiger partial charge in [0.15, 0.2) is 0 Å². The highest BCUT2D eigenvalue weighted by molar-refractivity contribution is 8.00. The van der Waals surface area contributed by atoms with Crippen LogP contribution in [0.3, 0.4) is 0 Å². The molecule has 0 heterocycles. The fraction of sp³-hybridized carbons (Fsp3) is 0.300. The summed E-state index contributed by atoms with van der Waals surface area (Å²) in [5.41, 5.74) is 6.11. The maximum Gasteiger partial charge on any atom is 0.336 e. The van der Waals surface area contributed by atoms with E-state index < -0.39 is 5.97 Å². The number of carboxylic acids is 1. The zero-order chi connectivity index (χ0) is 11.4. The molecule has 0 aromatic heterocycles. The lowest BCUT2D eigenvalue weighted by Crippen LogP contribution is -2.05. The van der Waals surface area contributed by atoms with Crippen LogP contribution in [0.5, 0.6) is 0 Å². The van der Waals surface area contributed by atoms with Crippen LogP contribution in [-0.2, 0) is 0 Å². The lowest BCUT2D eigenvalue weighted by Gasteiger charge is -2.10. The van der Waals surface area contributed by atoms with Crippen LogP contribution in [0, 0.1) is 0 Å². The molecule has 82 valence electrons. The summed E-state index contributed by atoms with van der Waals surface area (Å²) in [5, 5.41) is 17.8. The first-order valence-corrected chi connectivity index (χ1v) is 5.33. The van der Waals surface area contributed by atoms with Gasteiger partial charge in [-0.3, -0.25) is 0 Å². The average molecular weight is 227 g/mol. The number of hydrogen-bond acceptors (Lipinski definition) is 4. The lowest BCUT2D eigenvalue weighted by molar-refractivity contribution is 0.0693. The van der Waals surface area contributed by atoms with Gasteiger partial charge in [0.2, 0.25) is 0 Å². The molecule has 0 aliphatic carbocycles. The fourth-order valence-electron chi connectivity index (χ4n) is 1.07. The van der Waals surface area contributed by atoms with Gasteiger partial charge in [-0.2, -0.15) is 0 Å². The summed E-state index contributed by atoms with van der Waals surface area (Å²) >= 11 is 1.32. The van der Waals surface area contributed by atoms with Crippen molar-refractivity contribution in [3.05, 3.63) is 23.8 Å². The molecule has 4 nitrogen and oxygen atoms in total. The summed E-state index contributed by atoms with van der Waals surface area (Å²) in [7, 11) is 0. The number of aromatic carboxylic acids is 1. The van der Waals surface area contributed by atoms with E-state index in [-0.39, 0.29) is 17.4 Å². The number of nitrogens with two attached hydrogens (primary N) is 1. The van der Waals surface area contributed by atoms with Crippen LogP contribution in [0.2, 0.25) is 0 Å². The second-order valence-electron chi connectivity index (χ2n) is 3.17.